The van der Waals surface area contributed by atoms with E-state index in [1.807, 2.05) is 24.3 Å². The molecule has 2 aromatic rings. The van der Waals surface area contributed by atoms with Gasteiger partial charge in [-0.05, 0) is 19.1 Å². The number of rotatable bonds is 6. The van der Waals surface area contributed by atoms with Gasteiger partial charge in [-0.1, -0.05) is 12.1 Å². The van der Waals surface area contributed by atoms with Crippen LogP contribution in [-0.4, -0.2) is 42.0 Å². The average molecular weight is 332 g/mol. The van der Waals surface area contributed by atoms with Gasteiger partial charge in [-0.2, -0.15) is 5.10 Å². The summed E-state index contributed by atoms with van der Waals surface area (Å²) in [6.07, 6.45) is 2.81. The Kier molecular flexibility index (Phi) is 5.78. The number of carbonyl (C=O) groups is 2. The summed E-state index contributed by atoms with van der Waals surface area (Å²) in [5, 5.41) is 9.40. The minimum absolute atomic E-state index is 0.293. The predicted molar refractivity (Wildman–Crippen MR) is 87.0 cm³/mol. The first-order chi connectivity index (χ1) is 11.5. The molecule has 0 fully saturated rings. The van der Waals surface area contributed by atoms with Crippen molar-refractivity contribution in [2.45, 2.75) is 19.5 Å². The van der Waals surface area contributed by atoms with Crippen molar-refractivity contribution >= 4 is 12.0 Å². The predicted octanol–water partition coefficient (Wildman–Crippen LogP) is 1.24. The molecule has 1 aromatic carbocycles. The van der Waals surface area contributed by atoms with Gasteiger partial charge in [-0.25, -0.2) is 9.48 Å². The van der Waals surface area contributed by atoms with Crippen molar-refractivity contribution in [3.63, 3.8) is 0 Å². The zero-order valence-corrected chi connectivity index (χ0v) is 13.8. The van der Waals surface area contributed by atoms with Gasteiger partial charge in [-0.15, -0.1) is 0 Å². The highest BCUT2D eigenvalue weighted by Crippen LogP contribution is 2.21. The lowest BCUT2D eigenvalue weighted by atomic mass is 10.3. The van der Waals surface area contributed by atoms with Crippen molar-refractivity contribution in [3.8, 4) is 11.4 Å². The molecule has 0 saturated carbocycles. The lowest BCUT2D eigenvalue weighted by molar-refractivity contribution is -0.122. The van der Waals surface area contributed by atoms with Crippen LogP contribution in [0.3, 0.4) is 0 Å². The lowest BCUT2D eigenvalue weighted by Gasteiger charge is -2.12. The molecule has 2 N–H and O–H groups in total. The summed E-state index contributed by atoms with van der Waals surface area (Å²) in [6, 6.07) is 6.81. The molecular weight excluding hydrogens is 312 g/mol. The first-order valence-corrected chi connectivity index (χ1v) is 7.34. The number of ether oxygens (including phenoxy) is 2. The second-order valence-corrected chi connectivity index (χ2v) is 5.04. The van der Waals surface area contributed by atoms with E-state index >= 15 is 0 Å². The Labute approximate surface area is 139 Å². The average Bonchev–Trinajstić information content (AvgIpc) is 3.08. The summed E-state index contributed by atoms with van der Waals surface area (Å²) in [7, 11) is 2.84. The molecule has 0 spiro atoms. The number of benzene rings is 1. The molecule has 8 heteroatoms. The van der Waals surface area contributed by atoms with Crippen LogP contribution in [0.2, 0.25) is 0 Å². The Morgan fingerprint density at radius 2 is 2.04 bits per heavy atom. The van der Waals surface area contributed by atoms with Gasteiger partial charge in [0.1, 0.15) is 17.5 Å². The number of methoxy groups -OCH3 is 2. The number of nitrogens with one attached hydrogen (secondary N) is 2. The van der Waals surface area contributed by atoms with Crippen LogP contribution >= 0.6 is 0 Å². The van der Waals surface area contributed by atoms with Crippen molar-refractivity contribution in [2.75, 3.05) is 14.2 Å². The van der Waals surface area contributed by atoms with Gasteiger partial charge in [-0.3, -0.25) is 4.79 Å². The van der Waals surface area contributed by atoms with Crippen LogP contribution in [0.1, 0.15) is 12.5 Å². The van der Waals surface area contributed by atoms with Gasteiger partial charge in [0.05, 0.1) is 20.4 Å². The van der Waals surface area contributed by atoms with Crippen LogP contribution in [0.15, 0.2) is 36.7 Å². The summed E-state index contributed by atoms with van der Waals surface area (Å²) < 4.78 is 11.4. The largest absolute Gasteiger partial charge is 0.494 e. The number of nitrogens with zero attached hydrogens (tertiary/aromatic N) is 2. The number of para-hydroxylation sites is 2. The maximum absolute atomic E-state index is 11.9. The van der Waals surface area contributed by atoms with Crippen LogP contribution in [0.25, 0.3) is 5.69 Å². The van der Waals surface area contributed by atoms with E-state index in [-0.39, 0.29) is 5.91 Å². The zero-order chi connectivity index (χ0) is 17.5. The summed E-state index contributed by atoms with van der Waals surface area (Å²) in [4.78, 5) is 23.0. The van der Waals surface area contributed by atoms with Gasteiger partial charge in [0.2, 0.25) is 5.91 Å². The van der Waals surface area contributed by atoms with Crippen LogP contribution in [0.5, 0.6) is 5.75 Å². The monoisotopic (exact) mass is 332 g/mol. The van der Waals surface area contributed by atoms with E-state index in [1.165, 1.54) is 7.11 Å². The summed E-state index contributed by atoms with van der Waals surface area (Å²) in [5.74, 6) is 0.387. The van der Waals surface area contributed by atoms with Crippen LogP contribution in [-0.2, 0) is 16.1 Å². The first kappa shape index (κ1) is 17.3. The number of hydrogen-bond donors (Lipinski definition) is 2. The molecule has 1 aromatic heterocycles. The van der Waals surface area contributed by atoms with Gasteiger partial charge in [0.25, 0.3) is 0 Å². The third-order valence-electron chi connectivity index (χ3n) is 3.35. The molecule has 24 heavy (non-hydrogen) atoms. The van der Waals surface area contributed by atoms with Crippen LogP contribution in [0.4, 0.5) is 4.79 Å². The fourth-order valence-electron chi connectivity index (χ4n) is 2.05. The molecule has 0 saturated heterocycles. The van der Waals surface area contributed by atoms with Gasteiger partial charge < -0.3 is 20.1 Å². The van der Waals surface area contributed by atoms with E-state index in [0.717, 1.165) is 11.3 Å². The molecule has 1 unspecified atom stereocenters. The summed E-state index contributed by atoms with van der Waals surface area (Å²) in [5.41, 5.74) is 1.62. The van der Waals surface area contributed by atoms with Crippen molar-refractivity contribution in [1.29, 1.82) is 0 Å². The third-order valence-corrected chi connectivity index (χ3v) is 3.35. The second kappa shape index (κ2) is 8.00. The molecule has 0 aliphatic heterocycles. The van der Waals surface area contributed by atoms with Crippen molar-refractivity contribution in [3.05, 3.63) is 42.2 Å². The quantitative estimate of drug-likeness (QED) is 0.830. The molecule has 1 atom stereocenters. The highest BCUT2D eigenvalue weighted by Gasteiger charge is 2.15. The van der Waals surface area contributed by atoms with Crippen molar-refractivity contribution < 1.29 is 19.1 Å². The van der Waals surface area contributed by atoms with E-state index in [2.05, 4.69) is 20.5 Å². The molecule has 8 nitrogen and oxygen atoms in total. The molecule has 0 aliphatic rings. The molecule has 2 rings (SSSR count). The highest BCUT2D eigenvalue weighted by atomic mass is 16.5. The van der Waals surface area contributed by atoms with E-state index < -0.39 is 12.1 Å². The lowest BCUT2D eigenvalue weighted by Crippen LogP contribution is -2.44. The maximum Gasteiger partial charge on any atom is 0.407 e. The molecule has 2 amide bonds. The Bertz CT molecular complexity index is 714. The molecular formula is C16H20N4O4. The second-order valence-electron chi connectivity index (χ2n) is 5.04. The Morgan fingerprint density at radius 3 is 2.75 bits per heavy atom. The SMILES string of the molecule is COC(=O)NC(C)C(=O)NCc1cnn(-c2ccccc2OC)c1. The standard InChI is InChI=1S/C16H20N4O4/c1-11(19-16(22)24-3)15(21)17-8-12-9-18-20(10-12)13-6-4-5-7-14(13)23-2/h4-7,9-11H,8H2,1-3H3,(H,17,21)(H,19,22). The molecule has 0 aliphatic carbocycles. The van der Waals surface area contributed by atoms with Gasteiger partial charge in [0.15, 0.2) is 0 Å². The zero-order valence-electron chi connectivity index (χ0n) is 13.8. The summed E-state index contributed by atoms with van der Waals surface area (Å²) >= 11 is 0. The van der Waals surface area contributed by atoms with Crippen molar-refractivity contribution in [1.82, 2.24) is 20.4 Å². The topological polar surface area (TPSA) is 94.5 Å². The van der Waals surface area contributed by atoms with Crippen LogP contribution in [0, 0.1) is 0 Å². The van der Waals surface area contributed by atoms with Crippen LogP contribution < -0.4 is 15.4 Å². The minimum atomic E-state index is -0.693. The Balaban J connectivity index is 1.97. The van der Waals surface area contributed by atoms with Crippen molar-refractivity contribution in [2.24, 2.45) is 0 Å². The van der Waals surface area contributed by atoms with E-state index in [4.69, 9.17) is 4.74 Å². The highest BCUT2D eigenvalue weighted by molar-refractivity contribution is 5.85. The fraction of sp³-hybridized carbons (Fsp3) is 0.312. The van der Waals surface area contributed by atoms with E-state index in [9.17, 15) is 9.59 Å². The number of carbonyl (C=O) groups excluding carboxylic acids is 2. The Hall–Kier alpha value is -3.03. The van der Waals surface area contributed by atoms with E-state index in [0.29, 0.717) is 12.3 Å². The molecule has 128 valence electrons. The molecule has 0 bridgehead atoms. The smallest absolute Gasteiger partial charge is 0.407 e. The number of amides is 2. The van der Waals surface area contributed by atoms with E-state index in [1.54, 1.807) is 31.1 Å². The molecule has 1 heterocycles. The normalized spacial score (nSPS) is 11.5. The number of aromatic nitrogens is 2. The first-order valence-electron chi connectivity index (χ1n) is 7.34. The minimum Gasteiger partial charge on any atom is -0.494 e. The molecule has 0 radical (unpaired) electrons. The van der Waals surface area contributed by atoms with Gasteiger partial charge in [0, 0.05) is 18.3 Å². The maximum atomic E-state index is 11.9. The fourth-order valence-corrected chi connectivity index (χ4v) is 2.05. The summed E-state index contributed by atoms with van der Waals surface area (Å²) in [6.45, 7) is 1.87. The number of alkyl carbamates (subject to hydrolysis) is 1. The third kappa shape index (κ3) is 4.25. The van der Waals surface area contributed by atoms with Gasteiger partial charge >= 0.3 is 6.09 Å². The number of hydrogen-bond acceptors (Lipinski definition) is 5. The Morgan fingerprint density at radius 1 is 1.29 bits per heavy atom.